The molecule has 0 unspecified atom stereocenters. The lowest BCUT2D eigenvalue weighted by molar-refractivity contribution is 0.306. The minimum atomic E-state index is 0.446. The first kappa shape index (κ1) is 22.4. The molecule has 3 aromatic rings. The molecule has 0 saturated carbocycles. The first-order chi connectivity index (χ1) is 16.7. The smallest absolute Gasteiger partial charge is 0.250 e. The van der Waals surface area contributed by atoms with Crippen molar-refractivity contribution in [1.82, 2.24) is 15.0 Å². The van der Waals surface area contributed by atoms with Gasteiger partial charge in [0, 0.05) is 36.8 Å². The number of nitrogens with zero attached hydrogens (tertiary/aromatic N) is 6. The van der Waals surface area contributed by atoms with Gasteiger partial charge in [0.1, 0.15) is 12.4 Å². The van der Waals surface area contributed by atoms with Gasteiger partial charge >= 0.3 is 0 Å². The van der Waals surface area contributed by atoms with Gasteiger partial charge in [-0.05, 0) is 55.5 Å². The van der Waals surface area contributed by atoms with Gasteiger partial charge < -0.3 is 14.5 Å². The summed E-state index contributed by atoms with van der Waals surface area (Å²) in [5.41, 5.74) is 4.92. The molecule has 9 heteroatoms. The monoisotopic (exact) mass is 477 g/mol. The molecule has 8 nitrogen and oxygen atoms in total. The predicted octanol–water partition coefficient (Wildman–Crippen LogP) is 4.75. The lowest BCUT2D eigenvalue weighted by Gasteiger charge is -2.20. The molecule has 0 bridgehead atoms. The van der Waals surface area contributed by atoms with E-state index in [1.54, 1.807) is 6.21 Å². The van der Waals surface area contributed by atoms with E-state index in [0.29, 0.717) is 17.6 Å². The number of aromatic nitrogens is 3. The molecule has 2 saturated heterocycles. The summed E-state index contributed by atoms with van der Waals surface area (Å²) in [7, 11) is 0. The van der Waals surface area contributed by atoms with E-state index in [9.17, 15) is 0 Å². The number of benzene rings is 2. The number of hydrazone groups is 1. The highest BCUT2D eigenvalue weighted by molar-refractivity contribution is 6.30. The maximum atomic E-state index is 6.02. The Morgan fingerprint density at radius 2 is 1.47 bits per heavy atom. The molecule has 0 spiro atoms. The summed E-state index contributed by atoms with van der Waals surface area (Å²) in [6, 6.07) is 15.4. The summed E-state index contributed by atoms with van der Waals surface area (Å²) < 4.78 is 6.02. The van der Waals surface area contributed by atoms with Gasteiger partial charge in [-0.1, -0.05) is 35.9 Å². The molecule has 176 valence electrons. The molecule has 3 heterocycles. The van der Waals surface area contributed by atoms with Crippen molar-refractivity contribution in [1.29, 1.82) is 0 Å². The molecule has 0 atom stereocenters. The van der Waals surface area contributed by atoms with Crippen molar-refractivity contribution in [3.63, 3.8) is 0 Å². The molecule has 2 aromatic carbocycles. The number of ether oxygens (including phenoxy) is 1. The van der Waals surface area contributed by atoms with Crippen molar-refractivity contribution in [2.45, 2.75) is 32.3 Å². The molecule has 1 aromatic heterocycles. The average molecular weight is 478 g/mol. The van der Waals surface area contributed by atoms with Crippen molar-refractivity contribution in [3.05, 3.63) is 64.7 Å². The Labute approximate surface area is 204 Å². The Bertz CT molecular complexity index is 1090. The quantitative estimate of drug-likeness (QED) is 0.370. The van der Waals surface area contributed by atoms with Crippen LogP contribution in [0.3, 0.4) is 0 Å². The molecule has 34 heavy (non-hydrogen) atoms. The molecule has 1 N–H and O–H groups in total. The fourth-order valence-electron chi connectivity index (χ4n) is 4.14. The van der Waals surface area contributed by atoms with Gasteiger partial charge in [-0.25, -0.2) is 5.43 Å². The van der Waals surface area contributed by atoms with E-state index < -0.39 is 0 Å². The van der Waals surface area contributed by atoms with E-state index in [1.165, 1.54) is 25.7 Å². The van der Waals surface area contributed by atoms with Gasteiger partial charge in [-0.2, -0.15) is 20.1 Å². The number of hydrogen-bond donors (Lipinski definition) is 1. The largest absolute Gasteiger partial charge is 0.488 e. The van der Waals surface area contributed by atoms with Crippen LogP contribution in [0.2, 0.25) is 5.02 Å². The summed E-state index contributed by atoms with van der Waals surface area (Å²) in [5.74, 6) is 2.64. The van der Waals surface area contributed by atoms with Gasteiger partial charge in [0.15, 0.2) is 0 Å². The van der Waals surface area contributed by atoms with E-state index in [4.69, 9.17) is 21.3 Å². The van der Waals surface area contributed by atoms with Crippen LogP contribution in [0, 0.1) is 0 Å². The molecular weight excluding hydrogens is 450 g/mol. The van der Waals surface area contributed by atoms with Gasteiger partial charge in [0.05, 0.1) is 6.21 Å². The Morgan fingerprint density at radius 3 is 2.12 bits per heavy atom. The third-order valence-electron chi connectivity index (χ3n) is 5.98. The van der Waals surface area contributed by atoms with Crippen LogP contribution in [0.25, 0.3) is 0 Å². The zero-order valence-corrected chi connectivity index (χ0v) is 19.8. The lowest BCUT2D eigenvalue weighted by atomic mass is 10.2. The molecule has 0 amide bonds. The second kappa shape index (κ2) is 10.7. The highest BCUT2D eigenvalue weighted by Crippen LogP contribution is 2.23. The van der Waals surface area contributed by atoms with E-state index in [2.05, 4.69) is 30.3 Å². The Morgan fingerprint density at radius 1 is 0.853 bits per heavy atom. The van der Waals surface area contributed by atoms with Crippen molar-refractivity contribution in [2.24, 2.45) is 5.10 Å². The highest BCUT2D eigenvalue weighted by Gasteiger charge is 2.21. The molecule has 5 rings (SSSR count). The Balaban J connectivity index is 1.30. The third kappa shape index (κ3) is 5.56. The van der Waals surface area contributed by atoms with Gasteiger partial charge in [-0.15, -0.1) is 0 Å². The van der Waals surface area contributed by atoms with Crippen molar-refractivity contribution in [3.8, 4) is 5.75 Å². The molecule has 2 aliphatic heterocycles. The topological polar surface area (TPSA) is 78.8 Å². The first-order valence-corrected chi connectivity index (χ1v) is 12.1. The number of rotatable bonds is 8. The summed E-state index contributed by atoms with van der Waals surface area (Å²) in [6.45, 7) is 4.35. The number of hydrogen-bond acceptors (Lipinski definition) is 8. The van der Waals surface area contributed by atoms with Crippen LogP contribution in [-0.2, 0) is 6.61 Å². The minimum absolute atomic E-state index is 0.446. The summed E-state index contributed by atoms with van der Waals surface area (Å²) in [5, 5.41) is 5.12. The maximum Gasteiger partial charge on any atom is 0.250 e. The normalized spacial score (nSPS) is 15.9. The van der Waals surface area contributed by atoms with Crippen molar-refractivity contribution < 1.29 is 4.74 Å². The summed E-state index contributed by atoms with van der Waals surface area (Å²) in [4.78, 5) is 18.4. The fraction of sp³-hybridized carbons (Fsp3) is 0.360. The lowest BCUT2D eigenvalue weighted by Crippen LogP contribution is -2.25. The number of anilines is 3. The number of para-hydroxylation sites is 1. The SMILES string of the molecule is Clc1ccc(COc2ccccc2/C=N\Nc2nc(N3CCCC3)nc(N3CCCC3)n2)cc1. The molecule has 0 radical (unpaired) electrons. The van der Waals surface area contributed by atoms with Crippen LogP contribution < -0.4 is 20.0 Å². The maximum absolute atomic E-state index is 6.02. The van der Waals surface area contributed by atoms with E-state index >= 15 is 0 Å². The minimum Gasteiger partial charge on any atom is -0.488 e. The fourth-order valence-corrected chi connectivity index (χ4v) is 4.27. The summed E-state index contributed by atoms with van der Waals surface area (Å²) in [6.07, 6.45) is 6.39. The second-order valence-electron chi connectivity index (χ2n) is 8.47. The standard InChI is InChI=1S/C25H28ClN7O/c26-21-11-9-19(10-12-21)18-34-22-8-2-1-7-20(22)17-27-31-23-28-24(32-13-3-4-14-32)30-25(29-23)33-15-5-6-16-33/h1-2,7-12,17H,3-6,13-16,18H2,(H,28,29,30,31)/b27-17-. The van der Waals surface area contributed by atoms with E-state index in [-0.39, 0.29) is 0 Å². The van der Waals surface area contributed by atoms with Crippen molar-refractivity contribution in [2.75, 3.05) is 41.4 Å². The third-order valence-corrected chi connectivity index (χ3v) is 6.24. The summed E-state index contributed by atoms with van der Waals surface area (Å²) >= 11 is 5.97. The van der Waals surface area contributed by atoms with E-state index in [0.717, 1.165) is 55.0 Å². The van der Waals surface area contributed by atoms with Crippen LogP contribution in [0.4, 0.5) is 17.8 Å². The second-order valence-corrected chi connectivity index (χ2v) is 8.91. The Kier molecular flexibility index (Phi) is 7.05. The van der Waals surface area contributed by atoms with Gasteiger partial charge in [-0.3, -0.25) is 0 Å². The average Bonchev–Trinajstić information content (AvgIpc) is 3.59. The molecular formula is C25H28ClN7O. The zero-order valence-electron chi connectivity index (χ0n) is 19.0. The van der Waals surface area contributed by atoms with Crippen molar-refractivity contribution >= 4 is 35.7 Å². The molecule has 2 aliphatic rings. The number of halogens is 1. The number of nitrogens with one attached hydrogen (secondary N) is 1. The van der Waals surface area contributed by atoms with Crippen LogP contribution in [0.1, 0.15) is 36.8 Å². The van der Waals surface area contributed by atoms with Crippen LogP contribution in [-0.4, -0.2) is 47.3 Å². The van der Waals surface area contributed by atoms with Crippen LogP contribution >= 0.6 is 11.6 Å². The highest BCUT2D eigenvalue weighted by atomic mass is 35.5. The predicted molar refractivity (Wildman–Crippen MR) is 136 cm³/mol. The Hall–Kier alpha value is -3.39. The van der Waals surface area contributed by atoms with Gasteiger partial charge in [0.2, 0.25) is 17.8 Å². The van der Waals surface area contributed by atoms with Gasteiger partial charge in [0.25, 0.3) is 0 Å². The first-order valence-electron chi connectivity index (χ1n) is 11.8. The van der Waals surface area contributed by atoms with Crippen LogP contribution in [0.15, 0.2) is 53.6 Å². The molecule has 0 aliphatic carbocycles. The molecule has 2 fully saturated rings. The van der Waals surface area contributed by atoms with Crippen LogP contribution in [0.5, 0.6) is 5.75 Å². The van der Waals surface area contributed by atoms with E-state index in [1.807, 2.05) is 48.5 Å². The zero-order chi connectivity index (χ0) is 23.2.